The summed E-state index contributed by atoms with van der Waals surface area (Å²) in [7, 11) is 1.93. The lowest BCUT2D eigenvalue weighted by Gasteiger charge is -2.20. The SMILES string of the molecule is CC(C)N1CCC(CNCc2ncnn2C)C1. The summed E-state index contributed by atoms with van der Waals surface area (Å²) in [4.78, 5) is 6.75. The van der Waals surface area contributed by atoms with Crippen LogP contribution in [0.4, 0.5) is 0 Å². The first-order valence-electron chi connectivity index (χ1n) is 6.44. The van der Waals surface area contributed by atoms with Crippen LogP contribution in [0.5, 0.6) is 0 Å². The predicted octanol–water partition coefficient (Wildman–Crippen LogP) is 0.635. The van der Waals surface area contributed by atoms with Crippen molar-refractivity contribution in [1.82, 2.24) is 25.0 Å². The van der Waals surface area contributed by atoms with E-state index < -0.39 is 0 Å². The van der Waals surface area contributed by atoms with Crippen molar-refractivity contribution < 1.29 is 0 Å². The summed E-state index contributed by atoms with van der Waals surface area (Å²) in [6, 6.07) is 0.679. The Hall–Kier alpha value is -0.940. The fourth-order valence-corrected chi connectivity index (χ4v) is 2.37. The minimum absolute atomic E-state index is 0.679. The summed E-state index contributed by atoms with van der Waals surface area (Å²) in [5.74, 6) is 1.79. The summed E-state index contributed by atoms with van der Waals surface area (Å²) < 4.78 is 1.82. The third-order valence-electron chi connectivity index (χ3n) is 3.57. The molecule has 1 atom stereocenters. The molecule has 1 aliphatic rings. The van der Waals surface area contributed by atoms with Crippen LogP contribution >= 0.6 is 0 Å². The van der Waals surface area contributed by atoms with Crippen molar-refractivity contribution >= 4 is 0 Å². The first-order chi connectivity index (χ1) is 8.16. The summed E-state index contributed by atoms with van der Waals surface area (Å²) in [6.07, 6.45) is 2.91. The molecule has 96 valence electrons. The average Bonchev–Trinajstić information content (AvgIpc) is 2.89. The smallest absolute Gasteiger partial charge is 0.140 e. The molecule has 17 heavy (non-hydrogen) atoms. The monoisotopic (exact) mass is 237 g/mol. The normalized spacial score (nSPS) is 21.5. The topological polar surface area (TPSA) is 46.0 Å². The Balaban J connectivity index is 1.68. The summed E-state index contributed by atoms with van der Waals surface area (Å²) >= 11 is 0. The molecule has 1 aromatic heterocycles. The minimum atomic E-state index is 0.679. The van der Waals surface area contributed by atoms with Crippen molar-refractivity contribution in [3.8, 4) is 0 Å². The zero-order valence-electron chi connectivity index (χ0n) is 11.1. The van der Waals surface area contributed by atoms with Gasteiger partial charge in [0.05, 0.1) is 6.54 Å². The lowest BCUT2D eigenvalue weighted by Crippen LogP contribution is -2.30. The van der Waals surface area contributed by atoms with E-state index in [9.17, 15) is 0 Å². The fraction of sp³-hybridized carbons (Fsp3) is 0.833. The zero-order chi connectivity index (χ0) is 12.3. The second-order valence-corrected chi connectivity index (χ2v) is 5.17. The molecule has 5 heteroatoms. The molecule has 0 aromatic carbocycles. The quantitative estimate of drug-likeness (QED) is 0.816. The number of rotatable bonds is 5. The molecule has 0 amide bonds. The molecule has 1 N–H and O–H groups in total. The zero-order valence-corrected chi connectivity index (χ0v) is 11.1. The first-order valence-corrected chi connectivity index (χ1v) is 6.44. The lowest BCUT2D eigenvalue weighted by atomic mass is 10.1. The number of hydrogen-bond acceptors (Lipinski definition) is 4. The second-order valence-electron chi connectivity index (χ2n) is 5.17. The van der Waals surface area contributed by atoms with E-state index in [0.29, 0.717) is 6.04 Å². The van der Waals surface area contributed by atoms with Crippen LogP contribution < -0.4 is 5.32 Å². The summed E-state index contributed by atoms with van der Waals surface area (Å²) in [5, 5.41) is 7.54. The molecule has 1 aliphatic heterocycles. The number of nitrogens with zero attached hydrogens (tertiary/aromatic N) is 4. The van der Waals surface area contributed by atoms with Gasteiger partial charge in [-0.05, 0) is 39.3 Å². The molecular formula is C12H23N5. The van der Waals surface area contributed by atoms with Crippen LogP contribution in [-0.4, -0.2) is 45.3 Å². The first kappa shape index (κ1) is 12.5. The van der Waals surface area contributed by atoms with Gasteiger partial charge in [0.2, 0.25) is 0 Å². The van der Waals surface area contributed by atoms with Gasteiger partial charge in [-0.25, -0.2) is 4.98 Å². The third kappa shape index (κ3) is 3.26. The molecule has 1 unspecified atom stereocenters. The van der Waals surface area contributed by atoms with Crippen LogP contribution in [0.15, 0.2) is 6.33 Å². The Kier molecular flexibility index (Phi) is 4.12. The van der Waals surface area contributed by atoms with Gasteiger partial charge in [-0.1, -0.05) is 0 Å². The van der Waals surface area contributed by atoms with E-state index in [-0.39, 0.29) is 0 Å². The molecular weight excluding hydrogens is 214 g/mol. The molecule has 0 bridgehead atoms. The van der Waals surface area contributed by atoms with E-state index in [4.69, 9.17) is 0 Å². The Morgan fingerprint density at radius 1 is 1.53 bits per heavy atom. The van der Waals surface area contributed by atoms with E-state index >= 15 is 0 Å². The lowest BCUT2D eigenvalue weighted by molar-refractivity contribution is 0.264. The number of nitrogens with one attached hydrogen (secondary N) is 1. The van der Waals surface area contributed by atoms with Crippen LogP contribution in [0.1, 0.15) is 26.1 Å². The average molecular weight is 237 g/mol. The summed E-state index contributed by atoms with van der Waals surface area (Å²) in [5.41, 5.74) is 0. The van der Waals surface area contributed by atoms with E-state index in [1.165, 1.54) is 19.5 Å². The van der Waals surface area contributed by atoms with Crippen LogP contribution in [0.2, 0.25) is 0 Å². The highest BCUT2D eigenvalue weighted by molar-refractivity contribution is 4.84. The molecule has 0 spiro atoms. The maximum absolute atomic E-state index is 4.20. The highest BCUT2D eigenvalue weighted by atomic mass is 15.3. The molecule has 1 fully saturated rings. The van der Waals surface area contributed by atoms with Crippen LogP contribution in [0.25, 0.3) is 0 Å². The maximum Gasteiger partial charge on any atom is 0.140 e. The molecule has 0 saturated carbocycles. The maximum atomic E-state index is 4.20. The van der Waals surface area contributed by atoms with Crippen molar-refractivity contribution in [3.05, 3.63) is 12.2 Å². The molecule has 2 heterocycles. The Morgan fingerprint density at radius 3 is 2.94 bits per heavy atom. The van der Waals surface area contributed by atoms with Crippen LogP contribution in [0, 0.1) is 5.92 Å². The molecule has 0 aliphatic carbocycles. The van der Waals surface area contributed by atoms with Gasteiger partial charge in [0.1, 0.15) is 12.2 Å². The molecule has 1 aromatic rings. The van der Waals surface area contributed by atoms with Crippen molar-refractivity contribution in [2.45, 2.75) is 32.9 Å². The molecule has 1 saturated heterocycles. The standard InChI is InChI=1S/C12H23N5/c1-10(2)17-5-4-11(8-17)6-13-7-12-14-9-15-16(12)3/h9-11,13H,4-8H2,1-3H3. The molecule has 5 nitrogen and oxygen atoms in total. The van der Waals surface area contributed by atoms with Crippen molar-refractivity contribution in [2.24, 2.45) is 13.0 Å². The van der Waals surface area contributed by atoms with Gasteiger partial charge < -0.3 is 10.2 Å². The van der Waals surface area contributed by atoms with E-state index in [0.717, 1.165) is 24.8 Å². The number of likely N-dealkylation sites (tertiary alicyclic amines) is 1. The van der Waals surface area contributed by atoms with Gasteiger partial charge >= 0.3 is 0 Å². The Morgan fingerprint density at radius 2 is 2.35 bits per heavy atom. The Labute approximate surface area is 103 Å². The second kappa shape index (κ2) is 5.60. The van der Waals surface area contributed by atoms with Gasteiger partial charge in [-0.15, -0.1) is 0 Å². The molecule has 0 radical (unpaired) electrons. The van der Waals surface area contributed by atoms with Gasteiger partial charge in [-0.3, -0.25) is 4.68 Å². The van der Waals surface area contributed by atoms with Gasteiger partial charge in [0.15, 0.2) is 0 Å². The predicted molar refractivity (Wildman–Crippen MR) is 67.5 cm³/mol. The highest BCUT2D eigenvalue weighted by Gasteiger charge is 2.23. The highest BCUT2D eigenvalue weighted by Crippen LogP contribution is 2.17. The molecule has 2 rings (SSSR count). The van der Waals surface area contributed by atoms with E-state index in [1.54, 1.807) is 6.33 Å². The summed E-state index contributed by atoms with van der Waals surface area (Å²) in [6.45, 7) is 8.91. The minimum Gasteiger partial charge on any atom is -0.310 e. The third-order valence-corrected chi connectivity index (χ3v) is 3.57. The van der Waals surface area contributed by atoms with Gasteiger partial charge in [-0.2, -0.15) is 5.10 Å². The van der Waals surface area contributed by atoms with Gasteiger partial charge in [0, 0.05) is 19.6 Å². The largest absolute Gasteiger partial charge is 0.310 e. The van der Waals surface area contributed by atoms with E-state index in [2.05, 4.69) is 34.1 Å². The Bertz CT molecular complexity index is 346. The van der Waals surface area contributed by atoms with Gasteiger partial charge in [0.25, 0.3) is 0 Å². The fourth-order valence-electron chi connectivity index (χ4n) is 2.37. The van der Waals surface area contributed by atoms with Crippen molar-refractivity contribution in [1.29, 1.82) is 0 Å². The van der Waals surface area contributed by atoms with Crippen LogP contribution in [-0.2, 0) is 13.6 Å². The van der Waals surface area contributed by atoms with Crippen LogP contribution in [0.3, 0.4) is 0 Å². The van der Waals surface area contributed by atoms with Crippen molar-refractivity contribution in [3.63, 3.8) is 0 Å². The van der Waals surface area contributed by atoms with E-state index in [1.807, 2.05) is 11.7 Å². The number of aromatic nitrogens is 3. The van der Waals surface area contributed by atoms with Crippen molar-refractivity contribution in [2.75, 3.05) is 19.6 Å². The number of hydrogen-bond donors (Lipinski definition) is 1. The number of aryl methyl sites for hydroxylation is 1.